The lowest BCUT2D eigenvalue weighted by molar-refractivity contribution is -0.131. The van der Waals surface area contributed by atoms with Crippen LogP contribution in [0.2, 0.25) is 0 Å². The van der Waals surface area contributed by atoms with Crippen LogP contribution in [-0.4, -0.2) is 17.6 Å². The molecule has 0 bridgehead atoms. The molecule has 124 valence electrons. The van der Waals surface area contributed by atoms with Crippen LogP contribution >= 0.6 is 0 Å². The van der Waals surface area contributed by atoms with Crippen molar-refractivity contribution in [2.24, 2.45) is 0 Å². The van der Waals surface area contributed by atoms with Crippen molar-refractivity contribution in [2.45, 2.75) is 25.3 Å². The highest BCUT2D eigenvalue weighted by molar-refractivity contribution is 5.85. The molecule has 1 atom stereocenters. The van der Waals surface area contributed by atoms with Gasteiger partial charge in [0.25, 0.3) is 0 Å². The summed E-state index contributed by atoms with van der Waals surface area (Å²) in [6, 6.07) is 13.1. The normalized spacial score (nSPS) is 16.5. The molecule has 0 heterocycles. The van der Waals surface area contributed by atoms with E-state index in [0.29, 0.717) is 6.04 Å². The Kier molecular flexibility index (Phi) is 5.06. The van der Waals surface area contributed by atoms with Gasteiger partial charge in [0.15, 0.2) is 0 Å². The Morgan fingerprint density at radius 3 is 2.79 bits per heavy atom. The number of aliphatic carboxylic acids is 1. The van der Waals surface area contributed by atoms with Crippen LogP contribution in [0.4, 0.5) is 4.39 Å². The quantitative estimate of drug-likeness (QED) is 0.796. The molecule has 0 aromatic heterocycles. The van der Waals surface area contributed by atoms with Crippen molar-refractivity contribution in [1.82, 2.24) is 5.32 Å². The fourth-order valence-corrected chi connectivity index (χ4v) is 3.16. The Labute approximate surface area is 140 Å². The largest absolute Gasteiger partial charge is 0.478 e. The molecule has 0 fully saturated rings. The van der Waals surface area contributed by atoms with E-state index in [4.69, 9.17) is 5.11 Å². The number of hydrogen-bond acceptors (Lipinski definition) is 2. The molecule has 0 saturated heterocycles. The Hall–Kier alpha value is -2.46. The van der Waals surface area contributed by atoms with Crippen LogP contribution in [0.5, 0.6) is 0 Å². The lowest BCUT2D eigenvalue weighted by atomic mass is 10.0. The second kappa shape index (κ2) is 7.41. The molecule has 4 heteroatoms. The number of carboxylic acid groups (broad SMARTS) is 1. The summed E-state index contributed by atoms with van der Waals surface area (Å²) in [4.78, 5) is 10.6. The first-order valence-electron chi connectivity index (χ1n) is 8.13. The molecule has 0 radical (unpaired) electrons. The van der Waals surface area contributed by atoms with E-state index >= 15 is 0 Å². The molecule has 3 nitrogen and oxygen atoms in total. The third-order valence-electron chi connectivity index (χ3n) is 4.38. The van der Waals surface area contributed by atoms with Gasteiger partial charge in [0.1, 0.15) is 5.82 Å². The molecule has 2 aromatic rings. The maximum absolute atomic E-state index is 12.9. The summed E-state index contributed by atoms with van der Waals surface area (Å²) in [6.07, 6.45) is 5.70. The lowest BCUT2D eigenvalue weighted by Crippen LogP contribution is -2.21. The van der Waals surface area contributed by atoms with E-state index in [1.165, 1.54) is 23.3 Å². The standard InChI is InChI=1S/C20H20FNO2/c21-17-6-1-14(2-7-17)11-12-22-19-9-5-16-13-15(3-8-18(16)19)4-10-20(23)24/h1-4,6-8,10,13,19,22H,5,9,11-12H2,(H,23,24)/b10-4+. The summed E-state index contributed by atoms with van der Waals surface area (Å²) in [7, 11) is 0. The number of aryl methyl sites for hydroxylation is 1. The monoisotopic (exact) mass is 325 g/mol. The van der Waals surface area contributed by atoms with Crippen LogP contribution in [0.3, 0.4) is 0 Å². The van der Waals surface area contributed by atoms with Gasteiger partial charge in [-0.15, -0.1) is 0 Å². The molecule has 0 amide bonds. The summed E-state index contributed by atoms with van der Waals surface area (Å²) in [5.74, 6) is -1.14. The number of carboxylic acids is 1. The molecule has 1 unspecified atom stereocenters. The molecule has 2 N–H and O–H groups in total. The topological polar surface area (TPSA) is 49.3 Å². The first kappa shape index (κ1) is 16.4. The Bertz CT molecular complexity index is 753. The molecule has 24 heavy (non-hydrogen) atoms. The van der Waals surface area contributed by atoms with E-state index in [9.17, 15) is 9.18 Å². The van der Waals surface area contributed by atoms with E-state index in [0.717, 1.165) is 43.0 Å². The highest BCUT2D eigenvalue weighted by atomic mass is 19.1. The molecule has 3 rings (SSSR count). The third-order valence-corrected chi connectivity index (χ3v) is 4.38. The highest BCUT2D eigenvalue weighted by Gasteiger charge is 2.21. The number of benzene rings is 2. The van der Waals surface area contributed by atoms with Gasteiger partial charge in [-0.05, 0) is 66.3 Å². The molecule has 1 aliphatic carbocycles. The van der Waals surface area contributed by atoms with Gasteiger partial charge in [-0.25, -0.2) is 9.18 Å². The Morgan fingerprint density at radius 1 is 1.25 bits per heavy atom. The van der Waals surface area contributed by atoms with Gasteiger partial charge in [-0.2, -0.15) is 0 Å². The second-order valence-electron chi connectivity index (χ2n) is 6.05. The summed E-state index contributed by atoms with van der Waals surface area (Å²) >= 11 is 0. The lowest BCUT2D eigenvalue weighted by Gasteiger charge is -2.14. The maximum atomic E-state index is 12.9. The molecule has 0 spiro atoms. The summed E-state index contributed by atoms with van der Waals surface area (Å²) < 4.78 is 12.9. The summed E-state index contributed by atoms with van der Waals surface area (Å²) in [6.45, 7) is 0.844. The van der Waals surface area contributed by atoms with Crippen LogP contribution in [0.15, 0.2) is 48.5 Å². The molecule has 0 saturated carbocycles. The smallest absolute Gasteiger partial charge is 0.328 e. The number of nitrogens with one attached hydrogen (secondary N) is 1. The van der Waals surface area contributed by atoms with Crippen LogP contribution in [0.1, 0.15) is 34.7 Å². The predicted molar refractivity (Wildman–Crippen MR) is 92.3 cm³/mol. The number of rotatable bonds is 6. The first-order valence-corrected chi connectivity index (χ1v) is 8.13. The minimum Gasteiger partial charge on any atom is -0.478 e. The van der Waals surface area contributed by atoms with E-state index < -0.39 is 5.97 Å². The molecule has 2 aromatic carbocycles. The molecule has 0 aliphatic heterocycles. The number of halogens is 1. The van der Waals surface area contributed by atoms with Gasteiger partial charge in [-0.3, -0.25) is 0 Å². The van der Waals surface area contributed by atoms with Crippen molar-refractivity contribution in [3.8, 4) is 0 Å². The Morgan fingerprint density at radius 2 is 2.04 bits per heavy atom. The molecule has 1 aliphatic rings. The average molecular weight is 325 g/mol. The molecular weight excluding hydrogens is 305 g/mol. The van der Waals surface area contributed by atoms with Gasteiger partial charge in [0.2, 0.25) is 0 Å². The van der Waals surface area contributed by atoms with Crippen LogP contribution in [-0.2, 0) is 17.6 Å². The Balaban J connectivity index is 1.58. The zero-order chi connectivity index (χ0) is 16.9. The van der Waals surface area contributed by atoms with E-state index in [-0.39, 0.29) is 5.82 Å². The summed E-state index contributed by atoms with van der Waals surface area (Å²) in [5, 5.41) is 12.3. The fourth-order valence-electron chi connectivity index (χ4n) is 3.16. The second-order valence-corrected chi connectivity index (χ2v) is 6.05. The number of fused-ring (bicyclic) bond motifs is 1. The SMILES string of the molecule is O=C(O)/C=C/c1ccc2c(c1)CCC2NCCc1ccc(F)cc1. The maximum Gasteiger partial charge on any atom is 0.328 e. The summed E-state index contributed by atoms with van der Waals surface area (Å²) in [5.41, 5.74) is 4.61. The van der Waals surface area contributed by atoms with Gasteiger partial charge >= 0.3 is 5.97 Å². The van der Waals surface area contributed by atoms with E-state index in [2.05, 4.69) is 17.4 Å². The van der Waals surface area contributed by atoms with Crippen molar-refractivity contribution in [2.75, 3.05) is 6.54 Å². The van der Waals surface area contributed by atoms with Crippen molar-refractivity contribution in [3.63, 3.8) is 0 Å². The average Bonchev–Trinajstić information content (AvgIpc) is 2.97. The molecular formula is C20H20FNO2. The van der Waals surface area contributed by atoms with Crippen LogP contribution < -0.4 is 5.32 Å². The first-order chi connectivity index (χ1) is 11.6. The van der Waals surface area contributed by atoms with Crippen LogP contribution in [0.25, 0.3) is 6.08 Å². The zero-order valence-electron chi connectivity index (χ0n) is 13.3. The highest BCUT2D eigenvalue weighted by Crippen LogP contribution is 2.32. The minimum absolute atomic E-state index is 0.204. The third kappa shape index (κ3) is 4.09. The number of hydrogen-bond donors (Lipinski definition) is 2. The van der Waals surface area contributed by atoms with Gasteiger partial charge in [0, 0.05) is 12.1 Å². The van der Waals surface area contributed by atoms with Crippen molar-refractivity contribution < 1.29 is 14.3 Å². The van der Waals surface area contributed by atoms with E-state index in [1.807, 2.05) is 18.2 Å². The van der Waals surface area contributed by atoms with Gasteiger partial charge < -0.3 is 10.4 Å². The predicted octanol–water partition coefficient (Wildman–Crippen LogP) is 3.74. The van der Waals surface area contributed by atoms with Crippen molar-refractivity contribution in [1.29, 1.82) is 0 Å². The van der Waals surface area contributed by atoms with Gasteiger partial charge in [0.05, 0.1) is 0 Å². The van der Waals surface area contributed by atoms with Crippen molar-refractivity contribution in [3.05, 3.63) is 76.6 Å². The zero-order valence-corrected chi connectivity index (χ0v) is 13.3. The van der Waals surface area contributed by atoms with Crippen LogP contribution in [0, 0.1) is 5.82 Å². The van der Waals surface area contributed by atoms with E-state index in [1.54, 1.807) is 6.08 Å². The van der Waals surface area contributed by atoms with Crippen molar-refractivity contribution >= 4 is 12.0 Å². The number of carbonyl (C=O) groups is 1. The fraction of sp³-hybridized carbons (Fsp3) is 0.250. The minimum atomic E-state index is -0.934. The van der Waals surface area contributed by atoms with Gasteiger partial charge in [-0.1, -0.05) is 30.3 Å².